The van der Waals surface area contributed by atoms with E-state index in [1.54, 1.807) is 18.2 Å². The normalized spacial score (nSPS) is 17.7. The van der Waals surface area contributed by atoms with Gasteiger partial charge in [-0.1, -0.05) is 45.9 Å². The van der Waals surface area contributed by atoms with Crippen LogP contribution in [0.3, 0.4) is 0 Å². The summed E-state index contributed by atoms with van der Waals surface area (Å²) in [6.45, 7) is 8.80. The smallest absolute Gasteiger partial charge is 0.335 e. The van der Waals surface area contributed by atoms with Gasteiger partial charge in [0.2, 0.25) is 0 Å². The molecule has 28 heavy (non-hydrogen) atoms. The summed E-state index contributed by atoms with van der Waals surface area (Å²) >= 11 is 0. The molecule has 2 aromatic carbocycles. The van der Waals surface area contributed by atoms with E-state index >= 15 is 0 Å². The van der Waals surface area contributed by atoms with E-state index in [0.29, 0.717) is 11.3 Å². The van der Waals surface area contributed by atoms with Crippen LogP contribution in [0.25, 0.3) is 0 Å². The molecule has 150 valence electrons. The first kappa shape index (κ1) is 20.6. The third-order valence-corrected chi connectivity index (χ3v) is 7.76. The molecule has 5 heteroatoms. The van der Waals surface area contributed by atoms with Crippen molar-refractivity contribution in [3.8, 4) is 0 Å². The molecule has 3 rings (SSSR count). The molecule has 0 saturated heterocycles. The van der Waals surface area contributed by atoms with E-state index in [1.807, 2.05) is 12.1 Å². The number of carboxylic acid groups (broad SMARTS) is 1. The predicted molar refractivity (Wildman–Crippen MR) is 111 cm³/mol. The van der Waals surface area contributed by atoms with Gasteiger partial charge in [-0.2, -0.15) is 0 Å². The Morgan fingerprint density at radius 1 is 0.929 bits per heavy atom. The third-order valence-electron chi connectivity index (χ3n) is 6.04. The number of hydrogen-bond donors (Lipinski definition) is 1. The van der Waals surface area contributed by atoms with Gasteiger partial charge in [0.15, 0.2) is 9.84 Å². The highest BCUT2D eigenvalue weighted by atomic mass is 32.2. The Bertz CT molecular complexity index is 999. The monoisotopic (exact) mass is 400 g/mol. The minimum absolute atomic E-state index is 0.00201. The van der Waals surface area contributed by atoms with Gasteiger partial charge in [-0.25, -0.2) is 13.2 Å². The standard InChI is InChI=1S/C23H28O4S/c1-22(2)12-13-23(3,4)20-15-18(9-10-19(20)22)28(26,27)14-11-16-5-7-17(8-6-16)21(24)25/h5-10,15H,11-14H2,1-4H3,(H,24,25). The van der Waals surface area contributed by atoms with Crippen molar-refractivity contribution in [1.29, 1.82) is 0 Å². The topological polar surface area (TPSA) is 71.4 Å². The van der Waals surface area contributed by atoms with Crippen molar-refractivity contribution in [1.82, 2.24) is 0 Å². The minimum atomic E-state index is -3.42. The lowest BCUT2D eigenvalue weighted by Gasteiger charge is -2.42. The highest BCUT2D eigenvalue weighted by Gasteiger charge is 2.37. The zero-order valence-corrected chi connectivity index (χ0v) is 17.8. The zero-order chi connectivity index (χ0) is 20.7. The van der Waals surface area contributed by atoms with Crippen molar-refractivity contribution in [3.63, 3.8) is 0 Å². The lowest BCUT2D eigenvalue weighted by atomic mass is 9.63. The van der Waals surface area contributed by atoms with Crippen LogP contribution in [-0.4, -0.2) is 25.2 Å². The summed E-state index contributed by atoms with van der Waals surface area (Å²) in [5.41, 5.74) is 3.41. The molecule has 0 unspecified atom stereocenters. The Labute approximate surface area is 167 Å². The molecular weight excluding hydrogens is 372 g/mol. The van der Waals surface area contributed by atoms with E-state index < -0.39 is 15.8 Å². The van der Waals surface area contributed by atoms with Crippen LogP contribution < -0.4 is 0 Å². The third kappa shape index (κ3) is 4.00. The second-order valence-corrected chi connectivity index (χ2v) is 11.2. The maximum atomic E-state index is 12.9. The molecule has 1 N–H and O–H groups in total. The van der Waals surface area contributed by atoms with Gasteiger partial charge in [-0.15, -0.1) is 0 Å². The van der Waals surface area contributed by atoms with E-state index in [0.717, 1.165) is 24.0 Å². The quantitative estimate of drug-likeness (QED) is 0.786. The van der Waals surface area contributed by atoms with Crippen molar-refractivity contribution >= 4 is 15.8 Å². The second-order valence-electron chi connectivity index (χ2n) is 9.05. The van der Waals surface area contributed by atoms with Gasteiger partial charge in [-0.05, 0) is 71.0 Å². The number of sulfone groups is 1. The van der Waals surface area contributed by atoms with Gasteiger partial charge in [0.05, 0.1) is 16.2 Å². The Hall–Kier alpha value is -2.14. The summed E-state index contributed by atoms with van der Waals surface area (Å²) in [7, 11) is -3.42. The van der Waals surface area contributed by atoms with Crippen LogP contribution in [0.5, 0.6) is 0 Å². The molecule has 4 nitrogen and oxygen atoms in total. The SMILES string of the molecule is CC1(C)CCC(C)(C)c2cc(S(=O)(=O)CCc3ccc(C(=O)O)cc3)ccc21. The number of hydrogen-bond acceptors (Lipinski definition) is 3. The Morgan fingerprint density at radius 2 is 1.50 bits per heavy atom. The van der Waals surface area contributed by atoms with Crippen molar-refractivity contribution < 1.29 is 18.3 Å². The summed E-state index contributed by atoms with van der Waals surface area (Å²) in [6, 6.07) is 12.0. The number of aryl methyl sites for hydroxylation is 1. The molecule has 1 aliphatic carbocycles. The summed E-state index contributed by atoms with van der Waals surface area (Å²) < 4.78 is 25.9. The average molecular weight is 401 g/mol. The summed E-state index contributed by atoms with van der Waals surface area (Å²) in [5, 5.41) is 8.96. The Morgan fingerprint density at radius 3 is 2.07 bits per heavy atom. The Kier molecular flexibility index (Phi) is 5.17. The van der Waals surface area contributed by atoms with Crippen LogP contribution >= 0.6 is 0 Å². The lowest BCUT2D eigenvalue weighted by molar-refractivity contribution is 0.0697. The molecular formula is C23H28O4S. The fourth-order valence-corrected chi connectivity index (χ4v) is 5.26. The molecule has 0 amide bonds. The van der Waals surface area contributed by atoms with E-state index in [9.17, 15) is 13.2 Å². The number of benzene rings is 2. The maximum Gasteiger partial charge on any atom is 0.335 e. The van der Waals surface area contributed by atoms with Crippen molar-refractivity contribution in [2.24, 2.45) is 0 Å². The van der Waals surface area contributed by atoms with Gasteiger partial charge >= 0.3 is 5.97 Å². The number of carboxylic acids is 1. The van der Waals surface area contributed by atoms with E-state index in [4.69, 9.17) is 5.11 Å². The summed E-state index contributed by atoms with van der Waals surface area (Å²) in [5.74, 6) is -0.985. The number of rotatable bonds is 5. The fraction of sp³-hybridized carbons (Fsp3) is 0.435. The molecule has 2 aromatic rings. The van der Waals surface area contributed by atoms with Crippen LogP contribution in [0.2, 0.25) is 0 Å². The largest absolute Gasteiger partial charge is 0.478 e. The fourth-order valence-electron chi connectivity index (χ4n) is 3.95. The van der Waals surface area contributed by atoms with E-state index in [-0.39, 0.29) is 22.1 Å². The second kappa shape index (κ2) is 7.03. The number of carbonyl (C=O) groups is 1. The van der Waals surface area contributed by atoms with Gasteiger partial charge in [0.25, 0.3) is 0 Å². The number of fused-ring (bicyclic) bond motifs is 1. The summed E-state index contributed by atoms with van der Waals surface area (Å²) in [4.78, 5) is 11.3. The van der Waals surface area contributed by atoms with Crippen molar-refractivity contribution in [3.05, 3.63) is 64.7 Å². The molecule has 0 atom stereocenters. The highest BCUT2D eigenvalue weighted by Crippen LogP contribution is 2.46. The van der Waals surface area contributed by atoms with Crippen LogP contribution in [0, 0.1) is 0 Å². The molecule has 0 radical (unpaired) electrons. The minimum Gasteiger partial charge on any atom is -0.478 e. The Balaban J connectivity index is 1.85. The average Bonchev–Trinajstić information content (AvgIpc) is 2.64. The highest BCUT2D eigenvalue weighted by molar-refractivity contribution is 7.91. The maximum absolute atomic E-state index is 12.9. The van der Waals surface area contributed by atoms with Crippen molar-refractivity contribution in [2.75, 3.05) is 5.75 Å². The molecule has 0 fully saturated rings. The van der Waals surface area contributed by atoms with E-state index in [1.165, 1.54) is 17.7 Å². The van der Waals surface area contributed by atoms with Crippen molar-refractivity contribution in [2.45, 2.75) is 62.7 Å². The molecule has 0 heterocycles. The van der Waals surface area contributed by atoms with Gasteiger partial charge in [-0.3, -0.25) is 0 Å². The van der Waals surface area contributed by atoms with Crippen LogP contribution in [0.1, 0.15) is 67.6 Å². The number of aromatic carboxylic acids is 1. The van der Waals surface area contributed by atoms with Gasteiger partial charge < -0.3 is 5.11 Å². The lowest BCUT2D eigenvalue weighted by Crippen LogP contribution is -2.34. The first-order chi connectivity index (χ1) is 12.9. The predicted octanol–water partition coefficient (Wildman–Crippen LogP) is 4.75. The zero-order valence-electron chi connectivity index (χ0n) is 17.0. The first-order valence-electron chi connectivity index (χ1n) is 9.62. The van der Waals surface area contributed by atoms with Crippen LogP contribution in [0.4, 0.5) is 0 Å². The van der Waals surface area contributed by atoms with Crippen LogP contribution in [-0.2, 0) is 27.1 Å². The molecule has 1 aliphatic rings. The summed E-state index contributed by atoms with van der Waals surface area (Å²) in [6.07, 6.45) is 2.48. The molecule has 0 aromatic heterocycles. The first-order valence-corrected chi connectivity index (χ1v) is 11.3. The molecule has 0 spiro atoms. The van der Waals surface area contributed by atoms with Crippen LogP contribution in [0.15, 0.2) is 47.4 Å². The van der Waals surface area contributed by atoms with Gasteiger partial charge in [0, 0.05) is 0 Å². The molecule has 0 aliphatic heterocycles. The molecule has 0 bridgehead atoms. The van der Waals surface area contributed by atoms with E-state index in [2.05, 4.69) is 27.7 Å². The molecule has 0 saturated carbocycles. The van der Waals surface area contributed by atoms with Gasteiger partial charge in [0.1, 0.15) is 0 Å².